The predicted octanol–water partition coefficient (Wildman–Crippen LogP) is 4.39. The molecule has 2 aromatic carbocycles. The van der Waals surface area contributed by atoms with Crippen LogP contribution >= 0.6 is 0 Å². The van der Waals surface area contributed by atoms with E-state index < -0.39 is 0 Å². The van der Waals surface area contributed by atoms with Gasteiger partial charge in [0.15, 0.2) is 0 Å². The maximum atomic E-state index is 8.44. The lowest BCUT2D eigenvalue weighted by Gasteiger charge is -1.96. The summed E-state index contributed by atoms with van der Waals surface area (Å²) >= 11 is 0. The van der Waals surface area contributed by atoms with E-state index in [0.717, 1.165) is 11.1 Å². The van der Waals surface area contributed by atoms with Crippen LogP contribution in [-0.2, 0) is 0 Å². The van der Waals surface area contributed by atoms with Crippen molar-refractivity contribution in [2.45, 2.75) is 0 Å². The van der Waals surface area contributed by atoms with E-state index >= 15 is 0 Å². The minimum Gasteiger partial charge on any atom is -0.193 e. The van der Waals surface area contributed by atoms with Crippen LogP contribution in [-0.4, -0.2) is 0 Å². The molecule has 86 valence electrons. The predicted molar refractivity (Wildman–Crippen MR) is 76.5 cm³/mol. The summed E-state index contributed by atoms with van der Waals surface area (Å²) in [6, 6.07) is 20.3. The molecule has 0 bridgehead atoms. The van der Waals surface area contributed by atoms with Gasteiger partial charge < -0.3 is 0 Å². The van der Waals surface area contributed by atoms with Crippen molar-refractivity contribution in [2.24, 2.45) is 0 Å². The van der Waals surface area contributed by atoms with Crippen LogP contribution in [0.2, 0.25) is 0 Å². The molecule has 0 amide bonds. The van der Waals surface area contributed by atoms with Gasteiger partial charge in [-0.05, 0) is 22.8 Å². The molecule has 0 N–H and O–H groups in total. The Kier molecular flexibility index (Phi) is 4.11. The minimum absolute atomic E-state index is 1.04. The average molecular weight is 231 g/mol. The first-order valence-corrected chi connectivity index (χ1v) is 5.78. The molecular formula is C17H13N. The first-order valence-electron chi connectivity index (χ1n) is 5.78. The second-order valence-corrected chi connectivity index (χ2v) is 3.87. The zero-order chi connectivity index (χ0) is 12.6. The van der Waals surface area contributed by atoms with Crippen LogP contribution in [0.1, 0.15) is 16.7 Å². The van der Waals surface area contributed by atoms with E-state index in [1.54, 1.807) is 6.08 Å². The quantitative estimate of drug-likeness (QED) is 0.567. The van der Waals surface area contributed by atoms with Crippen molar-refractivity contribution in [2.75, 3.05) is 0 Å². The lowest BCUT2D eigenvalue weighted by Crippen LogP contribution is -1.74. The van der Waals surface area contributed by atoms with Crippen molar-refractivity contribution in [3.63, 3.8) is 0 Å². The molecule has 0 spiro atoms. The van der Waals surface area contributed by atoms with Gasteiger partial charge >= 0.3 is 0 Å². The largest absolute Gasteiger partial charge is 0.193 e. The molecule has 0 saturated carbocycles. The Labute approximate surface area is 107 Å². The third kappa shape index (κ3) is 3.47. The fourth-order valence-corrected chi connectivity index (χ4v) is 1.61. The van der Waals surface area contributed by atoms with Gasteiger partial charge in [-0.15, -0.1) is 0 Å². The smallest absolute Gasteiger partial charge is 0.0912 e. The van der Waals surface area contributed by atoms with E-state index in [1.807, 2.05) is 48.5 Å². The van der Waals surface area contributed by atoms with Crippen LogP contribution in [0.15, 0.2) is 60.7 Å². The molecule has 2 rings (SSSR count). The first-order chi connectivity index (χ1) is 8.88. The Morgan fingerprint density at radius 2 is 1.17 bits per heavy atom. The number of nitriles is 1. The molecule has 18 heavy (non-hydrogen) atoms. The van der Waals surface area contributed by atoms with Gasteiger partial charge in [0, 0.05) is 6.08 Å². The minimum atomic E-state index is 1.04. The highest BCUT2D eigenvalue weighted by Gasteiger charge is 1.89. The number of benzene rings is 2. The third-order valence-corrected chi connectivity index (χ3v) is 2.55. The lowest BCUT2D eigenvalue weighted by atomic mass is 10.1. The molecule has 0 aliphatic carbocycles. The number of rotatable bonds is 3. The Morgan fingerprint density at radius 3 is 1.72 bits per heavy atom. The van der Waals surface area contributed by atoms with Crippen LogP contribution in [0.25, 0.3) is 18.2 Å². The fourth-order valence-electron chi connectivity index (χ4n) is 1.61. The molecule has 2 aromatic rings. The van der Waals surface area contributed by atoms with E-state index in [1.165, 1.54) is 11.6 Å². The van der Waals surface area contributed by atoms with Gasteiger partial charge in [-0.1, -0.05) is 66.7 Å². The van der Waals surface area contributed by atoms with Crippen molar-refractivity contribution >= 4 is 18.2 Å². The molecule has 0 aromatic heterocycles. The Morgan fingerprint density at radius 1 is 0.667 bits per heavy atom. The van der Waals surface area contributed by atoms with Crippen molar-refractivity contribution in [1.82, 2.24) is 0 Å². The second kappa shape index (κ2) is 6.22. The molecule has 0 atom stereocenters. The number of nitrogens with zero attached hydrogens (tertiary/aromatic N) is 1. The van der Waals surface area contributed by atoms with Gasteiger partial charge in [-0.25, -0.2) is 0 Å². The van der Waals surface area contributed by atoms with E-state index in [0.29, 0.717) is 0 Å². The SMILES string of the molecule is N#CC=Cc1ccc(C=Cc2ccccc2)cc1. The van der Waals surface area contributed by atoms with Crippen molar-refractivity contribution in [3.05, 3.63) is 77.4 Å². The Hall–Kier alpha value is -2.59. The molecule has 0 aliphatic rings. The average Bonchev–Trinajstić information content (AvgIpc) is 2.45. The summed E-state index contributed by atoms with van der Waals surface area (Å²) < 4.78 is 0. The highest BCUT2D eigenvalue weighted by atomic mass is 14.2. The van der Waals surface area contributed by atoms with Gasteiger partial charge in [-0.2, -0.15) is 5.26 Å². The summed E-state index contributed by atoms with van der Waals surface area (Å²) in [5.41, 5.74) is 3.37. The normalized spacial score (nSPS) is 10.8. The fraction of sp³-hybridized carbons (Fsp3) is 0. The summed E-state index contributed by atoms with van der Waals surface area (Å²) in [5.74, 6) is 0. The summed E-state index contributed by atoms with van der Waals surface area (Å²) in [5, 5.41) is 8.44. The molecule has 1 nitrogen and oxygen atoms in total. The van der Waals surface area contributed by atoms with Crippen LogP contribution in [0.5, 0.6) is 0 Å². The molecule has 0 saturated heterocycles. The summed E-state index contributed by atoms with van der Waals surface area (Å²) in [6.45, 7) is 0. The van der Waals surface area contributed by atoms with Crippen molar-refractivity contribution in [3.8, 4) is 6.07 Å². The van der Waals surface area contributed by atoms with Gasteiger partial charge in [0.2, 0.25) is 0 Å². The Balaban J connectivity index is 2.09. The second-order valence-electron chi connectivity index (χ2n) is 3.87. The highest BCUT2D eigenvalue weighted by Crippen LogP contribution is 2.10. The van der Waals surface area contributed by atoms with Crippen LogP contribution in [0.4, 0.5) is 0 Å². The zero-order valence-corrected chi connectivity index (χ0v) is 9.95. The van der Waals surface area contributed by atoms with Crippen LogP contribution in [0.3, 0.4) is 0 Å². The molecule has 0 fully saturated rings. The summed E-state index contributed by atoms with van der Waals surface area (Å²) in [6.07, 6.45) is 7.44. The maximum Gasteiger partial charge on any atom is 0.0912 e. The third-order valence-electron chi connectivity index (χ3n) is 2.55. The van der Waals surface area contributed by atoms with Crippen LogP contribution < -0.4 is 0 Å². The first kappa shape index (κ1) is 11.9. The van der Waals surface area contributed by atoms with E-state index in [4.69, 9.17) is 5.26 Å². The van der Waals surface area contributed by atoms with Gasteiger partial charge in [0.05, 0.1) is 6.07 Å². The summed E-state index contributed by atoms with van der Waals surface area (Å²) in [7, 11) is 0. The summed E-state index contributed by atoms with van der Waals surface area (Å²) in [4.78, 5) is 0. The molecule has 0 radical (unpaired) electrons. The Bertz CT molecular complexity index is 584. The number of allylic oxidation sites excluding steroid dienone is 1. The molecule has 0 aliphatic heterocycles. The molecule has 0 heterocycles. The van der Waals surface area contributed by atoms with Crippen LogP contribution in [0, 0.1) is 11.3 Å². The van der Waals surface area contributed by atoms with Crippen molar-refractivity contribution < 1.29 is 0 Å². The molecule has 1 heteroatoms. The molecular weight excluding hydrogens is 218 g/mol. The van der Waals surface area contributed by atoms with Gasteiger partial charge in [0.25, 0.3) is 0 Å². The maximum absolute atomic E-state index is 8.44. The molecule has 0 unspecified atom stereocenters. The van der Waals surface area contributed by atoms with E-state index in [-0.39, 0.29) is 0 Å². The zero-order valence-electron chi connectivity index (χ0n) is 9.95. The standard InChI is InChI=1S/C17H13N/c18-14-4-7-16-9-12-17(13-10-16)11-8-15-5-2-1-3-6-15/h1-13H. The number of hydrogen-bond donors (Lipinski definition) is 0. The van der Waals surface area contributed by atoms with Gasteiger partial charge in [0.1, 0.15) is 0 Å². The topological polar surface area (TPSA) is 23.8 Å². The highest BCUT2D eigenvalue weighted by molar-refractivity contribution is 5.70. The number of hydrogen-bond acceptors (Lipinski definition) is 1. The van der Waals surface area contributed by atoms with E-state index in [9.17, 15) is 0 Å². The lowest BCUT2D eigenvalue weighted by molar-refractivity contribution is 1.53. The van der Waals surface area contributed by atoms with E-state index in [2.05, 4.69) is 24.3 Å². The monoisotopic (exact) mass is 231 g/mol. The van der Waals surface area contributed by atoms with Crippen molar-refractivity contribution in [1.29, 1.82) is 5.26 Å². The van der Waals surface area contributed by atoms with Gasteiger partial charge in [-0.3, -0.25) is 0 Å².